The molecule has 0 bridgehead atoms. The molecule has 0 saturated carbocycles. The minimum atomic E-state index is 1.17. The highest BCUT2D eigenvalue weighted by molar-refractivity contribution is 7.27. The van der Waals surface area contributed by atoms with E-state index in [1.165, 1.54) is 95.3 Å². The molecule has 4 heterocycles. The van der Waals surface area contributed by atoms with E-state index in [2.05, 4.69) is 155 Å². The molecule has 11 aromatic rings. The zero-order valence-corrected chi connectivity index (χ0v) is 26.2. The molecule has 0 radical (unpaired) electrons. The average molecular weight is 621 g/mol. The highest BCUT2D eigenvalue weighted by atomic mass is 32.1. The van der Waals surface area contributed by atoms with E-state index in [1.807, 2.05) is 22.7 Å². The lowest BCUT2D eigenvalue weighted by Crippen LogP contribution is -1.97. The largest absolute Gasteiger partial charge is 0.309 e. The van der Waals surface area contributed by atoms with Crippen molar-refractivity contribution < 1.29 is 0 Å². The summed E-state index contributed by atoms with van der Waals surface area (Å²) in [5.74, 6) is 0. The predicted molar refractivity (Wildman–Crippen MR) is 201 cm³/mol. The van der Waals surface area contributed by atoms with Gasteiger partial charge in [-0.05, 0) is 60.7 Å². The van der Waals surface area contributed by atoms with Crippen LogP contribution in [0.2, 0.25) is 0 Å². The van der Waals surface area contributed by atoms with Crippen molar-refractivity contribution in [1.29, 1.82) is 0 Å². The Kier molecular flexibility index (Phi) is 4.90. The normalized spacial score (nSPS) is 12.3. The lowest BCUT2D eigenvalue weighted by Gasteiger charge is -2.11. The van der Waals surface area contributed by atoms with Gasteiger partial charge < -0.3 is 9.13 Å². The molecule has 0 N–H and O–H groups in total. The summed E-state index contributed by atoms with van der Waals surface area (Å²) in [6.07, 6.45) is 0. The highest BCUT2D eigenvalue weighted by Gasteiger charge is 2.20. The van der Waals surface area contributed by atoms with Gasteiger partial charge in [0.1, 0.15) is 0 Å². The first-order valence-corrected chi connectivity index (χ1v) is 17.2. The van der Waals surface area contributed by atoms with E-state index in [1.54, 1.807) is 0 Å². The summed E-state index contributed by atoms with van der Waals surface area (Å²) in [5, 5.41) is 10.5. The van der Waals surface area contributed by atoms with Crippen molar-refractivity contribution in [3.05, 3.63) is 146 Å². The summed E-state index contributed by atoms with van der Waals surface area (Å²) in [6.45, 7) is 0. The third kappa shape index (κ3) is 3.24. The summed E-state index contributed by atoms with van der Waals surface area (Å²) in [4.78, 5) is 0. The molecule has 46 heavy (non-hydrogen) atoms. The van der Waals surface area contributed by atoms with Crippen molar-refractivity contribution in [3.8, 4) is 11.4 Å². The maximum absolute atomic E-state index is 2.50. The van der Waals surface area contributed by atoms with Crippen LogP contribution in [0.5, 0.6) is 0 Å². The van der Waals surface area contributed by atoms with Crippen molar-refractivity contribution in [2.75, 3.05) is 0 Å². The van der Waals surface area contributed by atoms with Gasteiger partial charge in [-0.15, -0.1) is 22.7 Å². The van der Waals surface area contributed by atoms with Crippen LogP contribution in [0.3, 0.4) is 0 Å². The Morgan fingerprint density at radius 2 is 0.870 bits per heavy atom. The Morgan fingerprint density at radius 3 is 1.63 bits per heavy atom. The topological polar surface area (TPSA) is 9.86 Å². The molecule has 4 heteroatoms. The van der Waals surface area contributed by atoms with Crippen LogP contribution in [0.15, 0.2) is 146 Å². The molecule has 0 aliphatic heterocycles. The molecule has 0 aliphatic rings. The molecular weight excluding hydrogens is 597 g/mol. The smallest absolute Gasteiger partial charge is 0.0562 e. The number of hydrogen-bond acceptors (Lipinski definition) is 2. The molecule has 0 fully saturated rings. The van der Waals surface area contributed by atoms with E-state index >= 15 is 0 Å². The number of rotatable bonds is 2. The molecule has 0 unspecified atom stereocenters. The van der Waals surface area contributed by atoms with Crippen molar-refractivity contribution in [2.45, 2.75) is 0 Å². The number of para-hydroxylation sites is 2. The molecular formula is C42H24N2S2. The molecule has 214 valence electrons. The van der Waals surface area contributed by atoms with Gasteiger partial charge in [-0.3, -0.25) is 0 Å². The van der Waals surface area contributed by atoms with Crippen LogP contribution in [0.1, 0.15) is 0 Å². The summed E-state index contributed by atoms with van der Waals surface area (Å²) < 4.78 is 10.3. The minimum Gasteiger partial charge on any atom is -0.309 e. The van der Waals surface area contributed by atoms with Gasteiger partial charge in [0.25, 0.3) is 0 Å². The maximum atomic E-state index is 2.50. The van der Waals surface area contributed by atoms with E-state index in [0.29, 0.717) is 0 Å². The van der Waals surface area contributed by atoms with E-state index in [0.717, 1.165) is 0 Å². The number of hydrogen-bond donors (Lipinski definition) is 0. The molecule has 0 aliphatic carbocycles. The lowest BCUT2D eigenvalue weighted by molar-refractivity contribution is 1.16. The summed E-state index contributed by atoms with van der Waals surface area (Å²) in [6, 6.07) is 53.9. The molecule has 0 saturated heterocycles. The monoisotopic (exact) mass is 620 g/mol. The van der Waals surface area contributed by atoms with Gasteiger partial charge in [-0.1, -0.05) is 84.9 Å². The van der Waals surface area contributed by atoms with Crippen LogP contribution in [-0.4, -0.2) is 9.13 Å². The second-order valence-electron chi connectivity index (χ2n) is 12.1. The van der Waals surface area contributed by atoms with Crippen molar-refractivity contribution in [2.24, 2.45) is 0 Å². The minimum absolute atomic E-state index is 1.17. The van der Waals surface area contributed by atoms with Crippen molar-refractivity contribution >= 4 is 107 Å². The Hall–Kier alpha value is -5.42. The molecule has 11 rings (SSSR count). The second kappa shape index (κ2) is 9.07. The highest BCUT2D eigenvalue weighted by Crippen LogP contribution is 2.45. The first kappa shape index (κ1) is 24.8. The van der Waals surface area contributed by atoms with Gasteiger partial charge in [0.15, 0.2) is 0 Å². The van der Waals surface area contributed by atoms with Crippen LogP contribution in [0.25, 0.3) is 95.3 Å². The van der Waals surface area contributed by atoms with Crippen molar-refractivity contribution in [3.63, 3.8) is 0 Å². The molecule has 2 nitrogen and oxygen atoms in total. The Bertz CT molecular complexity index is 2990. The van der Waals surface area contributed by atoms with Gasteiger partial charge >= 0.3 is 0 Å². The first-order valence-electron chi connectivity index (χ1n) is 15.6. The average Bonchev–Trinajstić information content (AvgIpc) is 3.85. The quantitative estimate of drug-likeness (QED) is 0.182. The predicted octanol–water partition coefficient (Wildman–Crippen LogP) is 12.6. The zero-order valence-electron chi connectivity index (χ0n) is 24.6. The third-order valence-corrected chi connectivity index (χ3v) is 12.1. The fourth-order valence-electron chi connectivity index (χ4n) is 7.74. The fraction of sp³-hybridized carbons (Fsp3) is 0. The van der Waals surface area contributed by atoms with E-state index in [-0.39, 0.29) is 0 Å². The van der Waals surface area contributed by atoms with Crippen LogP contribution in [0, 0.1) is 0 Å². The number of aromatic nitrogens is 2. The summed E-state index contributed by atoms with van der Waals surface area (Å²) in [7, 11) is 0. The van der Waals surface area contributed by atoms with Crippen LogP contribution in [0.4, 0.5) is 0 Å². The maximum Gasteiger partial charge on any atom is 0.0562 e. The van der Waals surface area contributed by atoms with E-state index in [4.69, 9.17) is 0 Å². The fourth-order valence-corrected chi connectivity index (χ4v) is 10.1. The first-order chi connectivity index (χ1) is 22.8. The van der Waals surface area contributed by atoms with Gasteiger partial charge in [0.05, 0.1) is 22.1 Å². The molecule has 0 spiro atoms. The Morgan fingerprint density at radius 1 is 0.326 bits per heavy atom. The summed E-state index contributed by atoms with van der Waals surface area (Å²) in [5.41, 5.74) is 7.28. The number of fused-ring (bicyclic) bond motifs is 13. The van der Waals surface area contributed by atoms with Gasteiger partial charge in [-0.2, -0.15) is 0 Å². The van der Waals surface area contributed by atoms with Crippen LogP contribution >= 0.6 is 22.7 Å². The van der Waals surface area contributed by atoms with Gasteiger partial charge in [-0.25, -0.2) is 0 Å². The second-order valence-corrected chi connectivity index (χ2v) is 14.3. The number of thiophene rings is 2. The third-order valence-electron chi connectivity index (χ3n) is 9.71. The zero-order chi connectivity index (χ0) is 29.9. The van der Waals surface area contributed by atoms with Crippen molar-refractivity contribution in [1.82, 2.24) is 9.13 Å². The standard InChI is InChI=1S/C42H24N2S2/c1-5-13-34-27(9-1)28-10-2-6-14-35(28)43(34)26-17-19-32-37(24-26)44(25-18-22-40-33(23-25)30-12-4-7-15-38(30)45-40)36-21-20-31-29-11-3-8-16-39(29)46-42(31)41(32)36/h1-24H. The van der Waals surface area contributed by atoms with Crippen LogP contribution < -0.4 is 0 Å². The Labute approximate surface area is 271 Å². The van der Waals surface area contributed by atoms with E-state index in [9.17, 15) is 0 Å². The van der Waals surface area contributed by atoms with Crippen LogP contribution in [-0.2, 0) is 0 Å². The lowest BCUT2D eigenvalue weighted by atomic mass is 10.1. The molecule has 0 atom stereocenters. The molecule has 0 amide bonds. The number of nitrogens with zero attached hydrogens (tertiary/aromatic N) is 2. The molecule has 7 aromatic carbocycles. The van der Waals surface area contributed by atoms with Gasteiger partial charge in [0, 0.05) is 73.3 Å². The number of benzene rings is 7. The Balaban J connectivity index is 1.29. The SMILES string of the molecule is c1ccc2c(c1)sc1ccc(-n3c4cc(-n5c6ccccc6c6ccccc65)ccc4c4c5sc6ccccc6c5ccc43)cc12. The molecule has 4 aromatic heterocycles. The summed E-state index contributed by atoms with van der Waals surface area (Å²) >= 11 is 3.78. The van der Waals surface area contributed by atoms with Gasteiger partial charge in [0.2, 0.25) is 0 Å². The van der Waals surface area contributed by atoms with E-state index < -0.39 is 0 Å².